The van der Waals surface area contributed by atoms with Crippen LogP contribution in [0.4, 0.5) is 0 Å². The lowest BCUT2D eigenvalue weighted by Crippen LogP contribution is -2.33. The van der Waals surface area contributed by atoms with Crippen molar-refractivity contribution in [3.63, 3.8) is 0 Å². The molecule has 3 atom stereocenters. The van der Waals surface area contributed by atoms with Crippen LogP contribution in [0.5, 0.6) is 0 Å². The molecular formula is C28H35ClO4. The zero-order valence-electron chi connectivity index (χ0n) is 19.6. The maximum Gasteiger partial charge on any atom is 0.125 e. The first-order valence-electron chi connectivity index (χ1n) is 12.0. The Morgan fingerprint density at radius 1 is 1.06 bits per heavy atom. The number of aliphatic hydroxyl groups is 3. The van der Waals surface area contributed by atoms with E-state index in [4.69, 9.17) is 16.3 Å². The maximum absolute atomic E-state index is 10.4. The van der Waals surface area contributed by atoms with E-state index in [2.05, 4.69) is 11.8 Å². The first-order chi connectivity index (χ1) is 15.9. The SMILES string of the molecule is CC.OCC1C[C@H](O)C[C@H](c2ccc(Cl)c(Cc3ccc(C#CC4(O)CCCC4)cc3)c2)O1. The van der Waals surface area contributed by atoms with E-state index in [9.17, 15) is 15.3 Å². The van der Waals surface area contributed by atoms with Crippen LogP contribution in [-0.4, -0.2) is 39.7 Å². The minimum atomic E-state index is -0.823. The normalized spacial score (nSPS) is 23.8. The van der Waals surface area contributed by atoms with Gasteiger partial charge in [-0.3, -0.25) is 0 Å². The summed E-state index contributed by atoms with van der Waals surface area (Å²) in [5.41, 5.74) is 3.13. The second-order valence-corrected chi connectivity index (χ2v) is 9.17. The minimum absolute atomic E-state index is 0.0966. The molecule has 1 aliphatic heterocycles. The number of hydrogen-bond acceptors (Lipinski definition) is 4. The van der Waals surface area contributed by atoms with Crippen LogP contribution >= 0.6 is 11.6 Å². The Morgan fingerprint density at radius 2 is 1.76 bits per heavy atom. The highest BCUT2D eigenvalue weighted by molar-refractivity contribution is 6.31. The van der Waals surface area contributed by atoms with Gasteiger partial charge in [0, 0.05) is 23.4 Å². The molecule has 4 nitrogen and oxygen atoms in total. The highest BCUT2D eigenvalue weighted by Gasteiger charge is 2.29. The molecule has 1 saturated heterocycles. The molecule has 3 N–H and O–H groups in total. The second-order valence-electron chi connectivity index (χ2n) is 8.77. The largest absolute Gasteiger partial charge is 0.394 e. The summed E-state index contributed by atoms with van der Waals surface area (Å²) in [6, 6.07) is 13.9. The Balaban J connectivity index is 0.00000149. The Hall–Kier alpha value is -1.87. The predicted octanol–water partition coefficient (Wildman–Crippen LogP) is 5.19. The lowest BCUT2D eigenvalue weighted by molar-refractivity contribution is -0.113. The van der Waals surface area contributed by atoms with E-state index in [1.54, 1.807) is 0 Å². The summed E-state index contributed by atoms with van der Waals surface area (Å²) in [6.45, 7) is 3.90. The van der Waals surface area contributed by atoms with Crippen molar-refractivity contribution < 1.29 is 20.1 Å². The molecule has 0 aromatic heterocycles. The van der Waals surface area contributed by atoms with E-state index in [0.29, 0.717) is 24.3 Å². The molecule has 2 fully saturated rings. The third-order valence-corrected chi connectivity index (χ3v) is 6.61. The molecule has 0 radical (unpaired) electrons. The molecule has 0 bridgehead atoms. The summed E-state index contributed by atoms with van der Waals surface area (Å²) < 4.78 is 5.94. The van der Waals surface area contributed by atoms with Gasteiger partial charge in [-0.1, -0.05) is 61.6 Å². The molecule has 1 unspecified atom stereocenters. The first kappa shape index (κ1) is 25.7. The van der Waals surface area contributed by atoms with Crippen LogP contribution in [0, 0.1) is 11.8 Å². The van der Waals surface area contributed by atoms with Crippen LogP contribution in [0.15, 0.2) is 42.5 Å². The lowest BCUT2D eigenvalue weighted by Gasteiger charge is -2.32. The van der Waals surface area contributed by atoms with Gasteiger partial charge in [-0.05, 0) is 67.0 Å². The van der Waals surface area contributed by atoms with Gasteiger partial charge in [-0.15, -0.1) is 0 Å². The second kappa shape index (κ2) is 12.0. The third-order valence-electron chi connectivity index (χ3n) is 6.24. The fraction of sp³-hybridized carbons (Fsp3) is 0.500. The van der Waals surface area contributed by atoms with Crippen molar-refractivity contribution in [2.24, 2.45) is 0 Å². The highest BCUT2D eigenvalue weighted by Crippen LogP contribution is 2.34. The van der Waals surface area contributed by atoms with Crippen molar-refractivity contribution in [1.29, 1.82) is 0 Å². The Labute approximate surface area is 202 Å². The predicted molar refractivity (Wildman–Crippen MR) is 132 cm³/mol. The van der Waals surface area contributed by atoms with E-state index in [-0.39, 0.29) is 18.8 Å². The van der Waals surface area contributed by atoms with Crippen molar-refractivity contribution in [2.75, 3.05) is 6.61 Å². The van der Waals surface area contributed by atoms with E-state index >= 15 is 0 Å². The summed E-state index contributed by atoms with van der Waals surface area (Å²) in [7, 11) is 0. The Kier molecular flexibility index (Phi) is 9.37. The molecule has 2 aromatic carbocycles. The standard InChI is InChI=1S/C26H29ClO4.C2H6/c27-24-8-7-20(25-16-22(29)15-23(17-28)31-25)14-21(24)13-19-5-3-18(4-6-19)9-12-26(30)10-1-2-11-26;1-2/h3-8,14,22-23,25,28-30H,1-2,10-11,13,15-17H2;1-2H3/t22-,23?,25+;/m0./s1. The Morgan fingerprint density at radius 3 is 2.42 bits per heavy atom. The van der Waals surface area contributed by atoms with Crippen molar-refractivity contribution >= 4 is 11.6 Å². The molecule has 0 amide bonds. The van der Waals surface area contributed by atoms with Gasteiger partial charge in [0.2, 0.25) is 0 Å². The van der Waals surface area contributed by atoms with Crippen LogP contribution in [-0.2, 0) is 11.2 Å². The summed E-state index contributed by atoms with van der Waals surface area (Å²) >= 11 is 6.46. The molecular weight excluding hydrogens is 436 g/mol. The molecule has 2 aromatic rings. The molecule has 1 saturated carbocycles. The average Bonchev–Trinajstić information content (AvgIpc) is 3.27. The van der Waals surface area contributed by atoms with E-state index < -0.39 is 11.7 Å². The summed E-state index contributed by atoms with van der Waals surface area (Å²) in [5.74, 6) is 6.15. The summed E-state index contributed by atoms with van der Waals surface area (Å²) in [4.78, 5) is 0. The molecule has 33 heavy (non-hydrogen) atoms. The van der Waals surface area contributed by atoms with Crippen LogP contribution in [0.3, 0.4) is 0 Å². The third kappa shape index (κ3) is 7.06. The number of ether oxygens (including phenoxy) is 1. The quantitative estimate of drug-likeness (QED) is 0.538. The smallest absolute Gasteiger partial charge is 0.125 e. The molecule has 1 aliphatic carbocycles. The van der Waals surface area contributed by atoms with E-state index in [0.717, 1.165) is 47.9 Å². The van der Waals surface area contributed by atoms with Gasteiger partial charge in [0.1, 0.15) is 5.60 Å². The fourth-order valence-electron chi connectivity index (χ4n) is 4.45. The number of benzene rings is 2. The van der Waals surface area contributed by atoms with Gasteiger partial charge < -0.3 is 20.1 Å². The van der Waals surface area contributed by atoms with Crippen molar-refractivity contribution in [3.8, 4) is 11.8 Å². The number of aliphatic hydroxyl groups excluding tert-OH is 2. The summed E-state index contributed by atoms with van der Waals surface area (Å²) in [6.07, 6.45) is 4.15. The molecule has 0 spiro atoms. The monoisotopic (exact) mass is 470 g/mol. The average molecular weight is 471 g/mol. The van der Waals surface area contributed by atoms with Gasteiger partial charge in [-0.25, -0.2) is 0 Å². The lowest BCUT2D eigenvalue weighted by atomic mass is 9.94. The van der Waals surface area contributed by atoms with Crippen molar-refractivity contribution in [2.45, 2.75) is 82.7 Å². The topological polar surface area (TPSA) is 69.9 Å². The molecule has 4 rings (SSSR count). The fourth-order valence-corrected chi connectivity index (χ4v) is 4.64. The van der Waals surface area contributed by atoms with Gasteiger partial charge in [-0.2, -0.15) is 0 Å². The maximum atomic E-state index is 10.4. The molecule has 5 heteroatoms. The van der Waals surface area contributed by atoms with Crippen LogP contribution in [0.2, 0.25) is 5.02 Å². The molecule has 178 valence electrons. The van der Waals surface area contributed by atoms with Crippen LogP contribution in [0.25, 0.3) is 0 Å². The first-order valence-corrected chi connectivity index (χ1v) is 12.4. The number of halogens is 1. The van der Waals surface area contributed by atoms with Crippen LogP contribution < -0.4 is 0 Å². The Bertz CT molecular complexity index is 954. The zero-order valence-corrected chi connectivity index (χ0v) is 20.3. The molecule has 1 heterocycles. The highest BCUT2D eigenvalue weighted by atomic mass is 35.5. The van der Waals surface area contributed by atoms with Crippen molar-refractivity contribution in [1.82, 2.24) is 0 Å². The summed E-state index contributed by atoms with van der Waals surface area (Å²) in [5, 5.41) is 30.6. The van der Waals surface area contributed by atoms with Gasteiger partial charge >= 0.3 is 0 Å². The minimum Gasteiger partial charge on any atom is -0.394 e. The number of hydrogen-bond donors (Lipinski definition) is 3. The zero-order chi connectivity index (χ0) is 23.8. The van der Waals surface area contributed by atoms with Gasteiger partial charge in [0.05, 0.1) is 24.9 Å². The molecule has 2 aliphatic rings. The van der Waals surface area contributed by atoms with E-state index in [1.165, 1.54) is 0 Å². The number of rotatable bonds is 4. The van der Waals surface area contributed by atoms with E-state index in [1.807, 2.05) is 56.3 Å². The van der Waals surface area contributed by atoms with Crippen LogP contribution in [0.1, 0.15) is 80.7 Å². The van der Waals surface area contributed by atoms with Gasteiger partial charge in [0.15, 0.2) is 0 Å². The van der Waals surface area contributed by atoms with Gasteiger partial charge in [0.25, 0.3) is 0 Å². The van der Waals surface area contributed by atoms with Crippen molar-refractivity contribution in [3.05, 3.63) is 69.7 Å².